The molecule has 100 valence electrons. The molecule has 0 saturated carbocycles. The zero-order valence-corrected chi connectivity index (χ0v) is 10.7. The number of aromatic nitrogens is 1. The molecule has 0 radical (unpaired) electrons. The first-order valence-electron chi connectivity index (χ1n) is 5.45. The Morgan fingerprint density at radius 3 is 2.83 bits per heavy atom. The maximum Gasteiger partial charge on any atom is 0.270 e. The number of nitrogens with two attached hydrogens (primary N) is 1. The van der Waals surface area contributed by atoms with Crippen LogP contribution in [0.5, 0.6) is 0 Å². The number of carbonyl (C=O) groups excluding carboxylic acids is 1. The maximum atomic E-state index is 12.1. The summed E-state index contributed by atoms with van der Waals surface area (Å²) in [5, 5.41) is 4.98. The van der Waals surface area contributed by atoms with Crippen molar-refractivity contribution in [2.75, 3.05) is 20.3 Å². The summed E-state index contributed by atoms with van der Waals surface area (Å²) >= 11 is 0. The summed E-state index contributed by atoms with van der Waals surface area (Å²) in [7, 11) is -2.12. The lowest BCUT2D eigenvalue weighted by Crippen LogP contribution is -2.37. The minimum Gasteiger partial charge on any atom is -0.379 e. The Balaban J connectivity index is 2.16. The summed E-state index contributed by atoms with van der Waals surface area (Å²) in [4.78, 5) is 16.2. The zero-order chi connectivity index (χ0) is 13.3. The van der Waals surface area contributed by atoms with E-state index in [0.717, 1.165) is 6.42 Å². The van der Waals surface area contributed by atoms with E-state index in [9.17, 15) is 13.2 Å². The first-order valence-corrected chi connectivity index (χ1v) is 7.00. The van der Waals surface area contributed by atoms with E-state index in [1.807, 2.05) is 0 Å². The van der Waals surface area contributed by atoms with Crippen molar-refractivity contribution in [2.24, 2.45) is 5.14 Å². The summed E-state index contributed by atoms with van der Waals surface area (Å²) < 4.78 is 27.4. The third-order valence-corrected chi connectivity index (χ3v) is 3.88. The molecule has 1 aliphatic heterocycles. The number of nitrogens with zero attached hydrogens (tertiary/aromatic N) is 1. The Morgan fingerprint density at radius 1 is 1.61 bits per heavy atom. The number of H-pyrrole nitrogens is 1. The van der Waals surface area contributed by atoms with E-state index in [1.54, 1.807) is 11.9 Å². The second kappa shape index (κ2) is 4.71. The second-order valence-corrected chi connectivity index (χ2v) is 5.79. The molecule has 3 N–H and O–H groups in total. The molecule has 1 aromatic rings. The summed E-state index contributed by atoms with van der Waals surface area (Å²) in [6.45, 7) is 1.14. The van der Waals surface area contributed by atoms with Gasteiger partial charge < -0.3 is 14.6 Å². The van der Waals surface area contributed by atoms with Gasteiger partial charge in [-0.15, -0.1) is 0 Å². The monoisotopic (exact) mass is 273 g/mol. The van der Waals surface area contributed by atoms with Gasteiger partial charge in [0, 0.05) is 19.9 Å². The highest BCUT2D eigenvalue weighted by Gasteiger charge is 2.26. The highest BCUT2D eigenvalue weighted by atomic mass is 32.2. The van der Waals surface area contributed by atoms with Crippen LogP contribution in [0.4, 0.5) is 0 Å². The van der Waals surface area contributed by atoms with E-state index in [-0.39, 0.29) is 22.5 Å². The average Bonchev–Trinajstić information content (AvgIpc) is 2.96. The lowest BCUT2D eigenvalue weighted by Gasteiger charge is -2.22. The normalized spacial score (nSPS) is 20.0. The fraction of sp³-hybridized carbons (Fsp3) is 0.500. The van der Waals surface area contributed by atoms with E-state index in [0.29, 0.717) is 13.2 Å². The minimum atomic E-state index is -3.79. The lowest BCUT2D eigenvalue weighted by molar-refractivity contribution is 0.0706. The summed E-state index contributed by atoms with van der Waals surface area (Å²) in [5.41, 5.74) is 0.202. The summed E-state index contributed by atoms with van der Waals surface area (Å²) in [5.74, 6) is -0.277. The van der Waals surface area contributed by atoms with Gasteiger partial charge in [0.15, 0.2) is 0 Å². The molecule has 1 amide bonds. The average molecular weight is 273 g/mol. The van der Waals surface area contributed by atoms with Gasteiger partial charge in [0.1, 0.15) is 5.69 Å². The van der Waals surface area contributed by atoms with Gasteiger partial charge in [0.2, 0.25) is 10.0 Å². The van der Waals surface area contributed by atoms with Crippen molar-refractivity contribution in [3.8, 4) is 0 Å². The molecule has 7 nitrogen and oxygen atoms in total. The van der Waals surface area contributed by atoms with Crippen LogP contribution in [-0.2, 0) is 14.8 Å². The van der Waals surface area contributed by atoms with E-state index in [2.05, 4.69) is 4.98 Å². The van der Waals surface area contributed by atoms with E-state index < -0.39 is 10.0 Å². The van der Waals surface area contributed by atoms with E-state index in [4.69, 9.17) is 9.88 Å². The van der Waals surface area contributed by atoms with E-state index >= 15 is 0 Å². The molecule has 1 unspecified atom stereocenters. The molecule has 0 bridgehead atoms. The van der Waals surface area contributed by atoms with Gasteiger partial charge in [0.25, 0.3) is 5.91 Å². The molecule has 2 heterocycles. The Hall–Kier alpha value is -1.38. The molecular weight excluding hydrogens is 258 g/mol. The zero-order valence-electron chi connectivity index (χ0n) is 9.92. The molecule has 2 rings (SSSR count). The molecule has 0 aliphatic carbocycles. The number of hydrogen-bond acceptors (Lipinski definition) is 4. The number of nitrogens with one attached hydrogen (secondary N) is 1. The quantitative estimate of drug-likeness (QED) is 0.776. The molecule has 1 aromatic heterocycles. The van der Waals surface area contributed by atoms with Crippen molar-refractivity contribution < 1.29 is 17.9 Å². The van der Waals surface area contributed by atoms with Crippen molar-refractivity contribution in [1.82, 2.24) is 9.88 Å². The first kappa shape index (κ1) is 13.1. The predicted molar refractivity (Wildman–Crippen MR) is 63.5 cm³/mol. The van der Waals surface area contributed by atoms with Crippen LogP contribution in [0.1, 0.15) is 16.9 Å². The standard InChI is InChI=1S/C10H15N3O4S/c1-13(7-2-3-17-6-7)10(14)9-4-8(5-12-9)18(11,15)16/h4-5,7,12H,2-3,6H2,1H3,(H2,11,15,16). The third-order valence-electron chi connectivity index (χ3n) is 2.99. The van der Waals surface area contributed by atoms with Crippen LogP contribution in [0.15, 0.2) is 17.2 Å². The highest BCUT2D eigenvalue weighted by Crippen LogP contribution is 2.15. The molecule has 18 heavy (non-hydrogen) atoms. The molecule has 1 saturated heterocycles. The number of primary sulfonamides is 1. The number of carbonyl (C=O) groups is 1. The fourth-order valence-electron chi connectivity index (χ4n) is 1.85. The number of ether oxygens (including phenoxy) is 1. The molecule has 0 aromatic carbocycles. The van der Waals surface area contributed by atoms with Gasteiger partial charge in [-0.3, -0.25) is 4.79 Å². The number of likely N-dealkylation sites (N-methyl/N-ethyl adjacent to an activating group) is 1. The molecular formula is C10H15N3O4S. The number of aromatic amines is 1. The van der Waals surface area contributed by atoms with Crippen LogP contribution in [-0.4, -0.2) is 50.5 Å². The Morgan fingerprint density at radius 2 is 2.33 bits per heavy atom. The lowest BCUT2D eigenvalue weighted by atomic mass is 10.2. The van der Waals surface area contributed by atoms with Gasteiger partial charge in [-0.25, -0.2) is 13.6 Å². The van der Waals surface area contributed by atoms with Crippen LogP contribution < -0.4 is 5.14 Å². The molecule has 1 fully saturated rings. The topological polar surface area (TPSA) is 105 Å². The van der Waals surface area contributed by atoms with Gasteiger partial charge >= 0.3 is 0 Å². The Kier molecular flexibility index (Phi) is 3.42. The fourth-order valence-corrected chi connectivity index (χ4v) is 2.35. The van der Waals surface area contributed by atoms with Gasteiger partial charge in [0.05, 0.1) is 17.5 Å². The second-order valence-electron chi connectivity index (χ2n) is 4.23. The number of amides is 1. The Bertz CT molecular complexity index is 545. The van der Waals surface area contributed by atoms with Crippen molar-refractivity contribution in [1.29, 1.82) is 0 Å². The summed E-state index contributed by atoms with van der Waals surface area (Å²) in [6.07, 6.45) is 1.99. The third kappa shape index (κ3) is 2.55. The number of hydrogen-bond donors (Lipinski definition) is 2. The van der Waals surface area contributed by atoms with Crippen molar-refractivity contribution in [3.05, 3.63) is 18.0 Å². The first-order chi connectivity index (χ1) is 8.39. The van der Waals surface area contributed by atoms with Crippen LogP contribution in [0.3, 0.4) is 0 Å². The van der Waals surface area contributed by atoms with Crippen molar-refractivity contribution in [3.63, 3.8) is 0 Å². The maximum absolute atomic E-state index is 12.1. The van der Waals surface area contributed by atoms with Gasteiger partial charge in [-0.1, -0.05) is 0 Å². The Labute approximate surface area is 105 Å². The van der Waals surface area contributed by atoms with Gasteiger partial charge in [-0.2, -0.15) is 0 Å². The molecule has 1 atom stereocenters. The highest BCUT2D eigenvalue weighted by molar-refractivity contribution is 7.89. The van der Waals surface area contributed by atoms with Crippen LogP contribution in [0, 0.1) is 0 Å². The van der Waals surface area contributed by atoms with Crippen LogP contribution in [0.25, 0.3) is 0 Å². The number of rotatable bonds is 3. The molecule has 1 aliphatic rings. The smallest absolute Gasteiger partial charge is 0.270 e. The SMILES string of the molecule is CN(C(=O)c1cc(S(N)(=O)=O)c[nH]1)C1CCOC1. The van der Waals surface area contributed by atoms with E-state index in [1.165, 1.54) is 12.3 Å². The van der Waals surface area contributed by atoms with Gasteiger partial charge in [-0.05, 0) is 12.5 Å². The molecule has 0 spiro atoms. The van der Waals surface area contributed by atoms with Crippen molar-refractivity contribution >= 4 is 15.9 Å². The predicted octanol–water partition coefficient (Wildman–Crippen LogP) is -0.477. The largest absolute Gasteiger partial charge is 0.379 e. The minimum absolute atomic E-state index is 0.0266. The number of sulfonamides is 1. The molecule has 8 heteroatoms. The van der Waals surface area contributed by atoms with Crippen LogP contribution in [0.2, 0.25) is 0 Å². The van der Waals surface area contributed by atoms with Crippen LogP contribution >= 0.6 is 0 Å². The van der Waals surface area contributed by atoms with Crippen molar-refractivity contribution in [2.45, 2.75) is 17.4 Å². The summed E-state index contributed by atoms with van der Waals surface area (Å²) in [6, 6.07) is 1.27.